The molecular weight excluding hydrogens is 306 g/mol. The average Bonchev–Trinajstić information content (AvgIpc) is 3.19. The second-order valence-corrected chi connectivity index (χ2v) is 6.91. The van der Waals surface area contributed by atoms with Crippen molar-refractivity contribution in [2.24, 2.45) is 0 Å². The number of nitrogens with zero attached hydrogens (tertiary/aromatic N) is 1. The number of rotatable bonds is 5. The van der Waals surface area contributed by atoms with Gasteiger partial charge in [-0.15, -0.1) is 0 Å². The summed E-state index contributed by atoms with van der Waals surface area (Å²) in [7, 11) is -3.50. The molecule has 116 valence electrons. The molecule has 8 heteroatoms. The molecule has 1 heterocycles. The van der Waals surface area contributed by atoms with Gasteiger partial charge in [-0.1, -0.05) is 5.16 Å². The molecule has 1 aliphatic carbocycles. The van der Waals surface area contributed by atoms with Gasteiger partial charge in [0.25, 0.3) is 5.91 Å². The zero-order chi connectivity index (χ0) is 15.7. The molecule has 1 aromatic carbocycles. The first-order chi connectivity index (χ1) is 10.4. The van der Waals surface area contributed by atoms with Crippen molar-refractivity contribution >= 4 is 21.7 Å². The Hall–Kier alpha value is -2.19. The van der Waals surface area contributed by atoms with Gasteiger partial charge in [0.05, 0.1) is 4.90 Å². The van der Waals surface area contributed by atoms with E-state index in [4.69, 9.17) is 4.52 Å². The summed E-state index contributed by atoms with van der Waals surface area (Å²) in [4.78, 5) is 12.2. The molecule has 22 heavy (non-hydrogen) atoms. The Morgan fingerprint density at radius 1 is 1.27 bits per heavy atom. The Bertz CT molecular complexity index is 792. The van der Waals surface area contributed by atoms with Gasteiger partial charge in [-0.05, 0) is 44.0 Å². The molecule has 3 rings (SSSR count). The number of hydrogen-bond acceptors (Lipinski definition) is 5. The van der Waals surface area contributed by atoms with Crippen LogP contribution in [0.25, 0.3) is 0 Å². The van der Waals surface area contributed by atoms with E-state index in [2.05, 4.69) is 15.2 Å². The van der Waals surface area contributed by atoms with Crippen molar-refractivity contribution in [3.8, 4) is 0 Å². The van der Waals surface area contributed by atoms with Crippen LogP contribution in [0.2, 0.25) is 0 Å². The van der Waals surface area contributed by atoms with Crippen molar-refractivity contribution in [3.05, 3.63) is 41.7 Å². The summed E-state index contributed by atoms with van der Waals surface area (Å²) in [6, 6.07) is 7.38. The molecule has 1 amide bonds. The van der Waals surface area contributed by atoms with Gasteiger partial charge in [0.1, 0.15) is 5.76 Å². The summed E-state index contributed by atoms with van der Waals surface area (Å²) in [6.07, 6.45) is 1.74. The first-order valence-electron chi connectivity index (χ1n) is 6.81. The first-order valence-corrected chi connectivity index (χ1v) is 8.29. The highest BCUT2D eigenvalue weighted by molar-refractivity contribution is 7.89. The van der Waals surface area contributed by atoms with Crippen molar-refractivity contribution in [1.29, 1.82) is 0 Å². The number of carbonyl (C=O) groups is 1. The van der Waals surface area contributed by atoms with E-state index < -0.39 is 10.0 Å². The molecule has 1 aliphatic rings. The molecule has 0 radical (unpaired) electrons. The third-order valence-electron chi connectivity index (χ3n) is 3.20. The van der Waals surface area contributed by atoms with Crippen LogP contribution in [0.3, 0.4) is 0 Å². The van der Waals surface area contributed by atoms with E-state index in [1.54, 1.807) is 13.0 Å². The van der Waals surface area contributed by atoms with Crippen LogP contribution >= 0.6 is 0 Å². The van der Waals surface area contributed by atoms with Crippen LogP contribution in [0.4, 0.5) is 5.82 Å². The van der Waals surface area contributed by atoms with Crippen LogP contribution in [-0.4, -0.2) is 25.5 Å². The molecule has 7 nitrogen and oxygen atoms in total. The lowest BCUT2D eigenvalue weighted by Gasteiger charge is -2.06. The zero-order valence-corrected chi connectivity index (χ0v) is 12.7. The second kappa shape index (κ2) is 5.54. The highest BCUT2D eigenvalue weighted by Crippen LogP contribution is 2.22. The maximum Gasteiger partial charge on any atom is 0.256 e. The van der Waals surface area contributed by atoms with Gasteiger partial charge in [-0.3, -0.25) is 4.79 Å². The lowest BCUT2D eigenvalue weighted by Crippen LogP contribution is -2.25. The summed E-state index contributed by atoms with van der Waals surface area (Å²) >= 11 is 0. The fourth-order valence-electron chi connectivity index (χ4n) is 1.89. The highest BCUT2D eigenvalue weighted by atomic mass is 32.2. The predicted octanol–water partition coefficient (Wildman–Crippen LogP) is 1.68. The maximum atomic E-state index is 12.0. The molecule has 1 aromatic heterocycles. The number of hydrogen-bond donors (Lipinski definition) is 2. The number of aryl methyl sites for hydroxylation is 1. The van der Waals surface area contributed by atoms with E-state index in [1.165, 1.54) is 24.3 Å². The van der Waals surface area contributed by atoms with E-state index in [0.29, 0.717) is 17.1 Å². The third kappa shape index (κ3) is 3.34. The average molecular weight is 321 g/mol. The van der Waals surface area contributed by atoms with E-state index in [-0.39, 0.29) is 16.8 Å². The van der Waals surface area contributed by atoms with Gasteiger partial charge in [-0.25, -0.2) is 13.1 Å². The molecule has 1 fully saturated rings. The largest absolute Gasteiger partial charge is 0.360 e. The van der Waals surface area contributed by atoms with Crippen molar-refractivity contribution < 1.29 is 17.7 Å². The Kier molecular flexibility index (Phi) is 3.71. The lowest BCUT2D eigenvalue weighted by atomic mass is 10.2. The van der Waals surface area contributed by atoms with E-state index in [1.807, 2.05) is 0 Å². The summed E-state index contributed by atoms with van der Waals surface area (Å²) < 4.78 is 31.5. The molecule has 0 aliphatic heterocycles. The minimum atomic E-state index is -3.50. The Morgan fingerprint density at radius 2 is 1.95 bits per heavy atom. The predicted molar refractivity (Wildman–Crippen MR) is 79.0 cm³/mol. The quantitative estimate of drug-likeness (QED) is 0.872. The molecular formula is C14H15N3O4S. The van der Waals surface area contributed by atoms with Gasteiger partial charge in [0.15, 0.2) is 5.82 Å². The Morgan fingerprint density at radius 3 is 2.50 bits per heavy atom. The molecule has 0 atom stereocenters. The number of anilines is 1. The SMILES string of the molecule is Cc1cc(NC(=O)c2ccc(S(=O)(=O)NC3CC3)cc2)no1. The van der Waals surface area contributed by atoms with Gasteiger partial charge in [-0.2, -0.15) is 0 Å². The smallest absolute Gasteiger partial charge is 0.256 e. The molecule has 0 saturated heterocycles. The summed E-state index contributed by atoms with van der Waals surface area (Å²) in [6.45, 7) is 1.72. The van der Waals surface area contributed by atoms with Crippen LogP contribution in [0.5, 0.6) is 0 Å². The third-order valence-corrected chi connectivity index (χ3v) is 4.73. The van der Waals surface area contributed by atoms with Crippen LogP contribution in [-0.2, 0) is 10.0 Å². The molecule has 0 bridgehead atoms. The number of amides is 1. The highest BCUT2D eigenvalue weighted by Gasteiger charge is 2.27. The van der Waals surface area contributed by atoms with Crippen LogP contribution in [0.15, 0.2) is 39.8 Å². The van der Waals surface area contributed by atoms with Crippen LogP contribution in [0, 0.1) is 6.92 Å². The number of benzene rings is 1. The number of nitrogens with one attached hydrogen (secondary N) is 2. The first kappa shape index (κ1) is 14.7. The standard InChI is InChI=1S/C14H15N3O4S/c1-9-8-13(16-21-9)15-14(18)10-2-6-12(7-3-10)22(19,20)17-11-4-5-11/h2-3,6-8,11,17H,4-5H2,1H3,(H,15,16,18). The van der Waals surface area contributed by atoms with Crippen molar-refractivity contribution in [2.75, 3.05) is 5.32 Å². The second-order valence-electron chi connectivity index (χ2n) is 5.20. The number of aromatic nitrogens is 1. The Labute approximate surface area is 127 Å². The zero-order valence-electron chi connectivity index (χ0n) is 11.9. The van der Waals surface area contributed by atoms with E-state index in [0.717, 1.165) is 12.8 Å². The molecule has 2 N–H and O–H groups in total. The topological polar surface area (TPSA) is 101 Å². The molecule has 2 aromatic rings. The summed E-state index contributed by atoms with van der Waals surface area (Å²) in [5, 5.41) is 6.24. The minimum absolute atomic E-state index is 0.0448. The van der Waals surface area contributed by atoms with Gasteiger partial charge < -0.3 is 9.84 Å². The van der Waals surface area contributed by atoms with E-state index >= 15 is 0 Å². The fraction of sp³-hybridized carbons (Fsp3) is 0.286. The van der Waals surface area contributed by atoms with Gasteiger partial charge >= 0.3 is 0 Å². The van der Waals surface area contributed by atoms with Crippen LogP contribution < -0.4 is 10.0 Å². The maximum absolute atomic E-state index is 12.0. The molecule has 0 unspecified atom stereocenters. The Balaban J connectivity index is 1.71. The van der Waals surface area contributed by atoms with Crippen molar-refractivity contribution in [3.63, 3.8) is 0 Å². The fourth-order valence-corrected chi connectivity index (χ4v) is 3.19. The normalized spacial score (nSPS) is 14.8. The minimum Gasteiger partial charge on any atom is -0.360 e. The van der Waals surface area contributed by atoms with Crippen LogP contribution in [0.1, 0.15) is 29.0 Å². The summed E-state index contributed by atoms with van der Waals surface area (Å²) in [5.74, 6) is 0.518. The van der Waals surface area contributed by atoms with Gasteiger partial charge in [0.2, 0.25) is 10.0 Å². The number of sulfonamides is 1. The van der Waals surface area contributed by atoms with Crippen molar-refractivity contribution in [1.82, 2.24) is 9.88 Å². The van der Waals surface area contributed by atoms with Crippen molar-refractivity contribution in [2.45, 2.75) is 30.7 Å². The number of carbonyl (C=O) groups excluding carboxylic acids is 1. The summed E-state index contributed by atoms with van der Waals surface area (Å²) in [5.41, 5.74) is 0.339. The molecule has 1 saturated carbocycles. The lowest BCUT2D eigenvalue weighted by molar-refractivity contribution is 0.102. The van der Waals surface area contributed by atoms with E-state index in [9.17, 15) is 13.2 Å². The molecule has 0 spiro atoms. The monoisotopic (exact) mass is 321 g/mol. The van der Waals surface area contributed by atoms with Gasteiger partial charge in [0, 0.05) is 17.7 Å².